The van der Waals surface area contributed by atoms with Gasteiger partial charge in [0.05, 0.1) is 11.2 Å². The second-order valence-corrected chi connectivity index (χ2v) is 6.26. The van der Waals surface area contributed by atoms with Gasteiger partial charge in [0, 0.05) is 23.4 Å². The predicted octanol–water partition coefficient (Wildman–Crippen LogP) is 4.34. The van der Waals surface area contributed by atoms with Crippen molar-refractivity contribution < 1.29 is 0 Å². The number of anilines is 1. The van der Waals surface area contributed by atoms with Gasteiger partial charge in [0.1, 0.15) is 5.52 Å². The Morgan fingerprint density at radius 1 is 1.26 bits per heavy atom. The first-order valence-corrected chi connectivity index (χ1v) is 8.63. The maximum Gasteiger partial charge on any atom is 0.112 e. The van der Waals surface area contributed by atoms with Crippen molar-refractivity contribution >= 4 is 44.4 Å². The normalized spacial score (nSPS) is 10.8. The van der Waals surface area contributed by atoms with Crippen LogP contribution in [0.5, 0.6) is 0 Å². The Morgan fingerprint density at radius 2 is 2.16 bits per heavy atom. The topological polar surface area (TPSA) is 37.8 Å². The molecule has 0 bridgehead atoms. The quantitative estimate of drug-likeness (QED) is 0.761. The summed E-state index contributed by atoms with van der Waals surface area (Å²) in [6.45, 7) is 0.991. The number of unbranched alkanes of at least 4 members (excludes halogenated alkanes) is 2. The molecule has 0 aliphatic heterocycles. The Hall–Kier alpha value is -0.810. The van der Waals surface area contributed by atoms with Crippen LogP contribution in [0.25, 0.3) is 11.0 Å². The molecular formula is C14H18BrN3S. The second kappa shape index (κ2) is 7.70. The number of fused-ring (bicyclic) bond motifs is 1. The zero-order valence-corrected chi connectivity index (χ0v) is 13.4. The molecule has 0 aromatic carbocycles. The van der Waals surface area contributed by atoms with E-state index in [4.69, 9.17) is 0 Å². The average Bonchev–Trinajstić information content (AvgIpc) is 2.42. The first kappa shape index (κ1) is 14.6. The lowest BCUT2D eigenvalue weighted by Crippen LogP contribution is -2.03. The van der Waals surface area contributed by atoms with Crippen LogP contribution >= 0.6 is 27.7 Å². The highest BCUT2D eigenvalue weighted by Gasteiger charge is 2.03. The molecule has 0 atom stereocenters. The third-order valence-corrected chi connectivity index (χ3v) is 4.02. The lowest BCUT2D eigenvalue weighted by atomic mass is 10.2. The zero-order valence-electron chi connectivity index (χ0n) is 11.0. The first-order valence-electron chi connectivity index (χ1n) is 6.44. The van der Waals surface area contributed by atoms with E-state index in [-0.39, 0.29) is 0 Å². The van der Waals surface area contributed by atoms with E-state index in [1.165, 1.54) is 25.0 Å². The molecule has 2 aromatic heterocycles. The summed E-state index contributed by atoms with van der Waals surface area (Å²) in [7, 11) is 0. The smallest absolute Gasteiger partial charge is 0.112 e. The van der Waals surface area contributed by atoms with Crippen LogP contribution in [0.2, 0.25) is 0 Å². The number of nitrogens with zero attached hydrogens (tertiary/aromatic N) is 2. The molecule has 1 N–H and O–H groups in total. The highest BCUT2D eigenvalue weighted by atomic mass is 79.9. The minimum Gasteiger partial charge on any atom is -0.383 e. The van der Waals surface area contributed by atoms with E-state index in [2.05, 4.69) is 37.5 Å². The van der Waals surface area contributed by atoms with E-state index in [0.29, 0.717) is 0 Å². The number of halogens is 1. The van der Waals surface area contributed by atoms with Crippen molar-refractivity contribution in [1.29, 1.82) is 0 Å². The van der Waals surface area contributed by atoms with E-state index >= 15 is 0 Å². The number of pyridine rings is 2. The van der Waals surface area contributed by atoms with Gasteiger partial charge in [0.15, 0.2) is 0 Å². The third kappa shape index (κ3) is 4.35. The molecule has 2 aromatic rings. The van der Waals surface area contributed by atoms with Crippen molar-refractivity contribution in [3.63, 3.8) is 0 Å². The monoisotopic (exact) mass is 339 g/mol. The fourth-order valence-corrected chi connectivity index (χ4v) is 2.73. The molecule has 102 valence electrons. The van der Waals surface area contributed by atoms with Gasteiger partial charge in [0.2, 0.25) is 0 Å². The van der Waals surface area contributed by atoms with Gasteiger partial charge in [-0.1, -0.05) is 6.42 Å². The van der Waals surface area contributed by atoms with E-state index in [9.17, 15) is 0 Å². The highest BCUT2D eigenvalue weighted by Crippen LogP contribution is 2.21. The largest absolute Gasteiger partial charge is 0.383 e. The fourth-order valence-electron chi connectivity index (χ4n) is 1.92. The van der Waals surface area contributed by atoms with Crippen molar-refractivity contribution in [2.45, 2.75) is 19.3 Å². The summed E-state index contributed by atoms with van der Waals surface area (Å²) in [5.74, 6) is 1.26. The Labute approximate surface area is 126 Å². The summed E-state index contributed by atoms with van der Waals surface area (Å²) < 4.78 is 0.960. The summed E-state index contributed by atoms with van der Waals surface area (Å²) in [6.07, 6.45) is 9.56. The van der Waals surface area contributed by atoms with E-state index in [1.807, 2.05) is 36.3 Å². The van der Waals surface area contributed by atoms with E-state index < -0.39 is 0 Å². The van der Waals surface area contributed by atoms with Crippen molar-refractivity contribution in [3.8, 4) is 0 Å². The predicted molar refractivity (Wildman–Crippen MR) is 88.0 cm³/mol. The van der Waals surface area contributed by atoms with Crippen LogP contribution in [0.1, 0.15) is 19.3 Å². The standard InChI is InChI=1S/C14H18BrN3S/c1-19-8-4-2-3-6-16-12-5-7-17-13-9-11(15)10-18-14(12)13/h5,7,9-10H,2-4,6,8H2,1H3,(H,16,17). The van der Waals surface area contributed by atoms with Gasteiger partial charge >= 0.3 is 0 Å². The summed E-state index contributed by atoms with van der Waals surface area (Å²) >= 11 is 5.34. The van der Waals surface area contributed by atoms with E-state index in [1.54, 1.807) is 0 Å². The lowest BCUT2D eigenvalue weighted by molar-refractivity contribution is 0.750. The Kier molecular flexibility index (Phi) is 5.92. The van der Waals surface area contributed by atoms with Crippen LogP contribution < -0.4 is 5.32 Å². The molecule has 2 rings (SSSR count). The van der Waals surface area contributed by atoms with Crippen molar-refractivity contribution in [2.75, 3.05) is 23.9 Å². The molecule has 19 heavy (non-hydrogen) atoms. The van der Waals surface area contributed by atoms with E-state index in [0.717, 1.165) is 27.7 Å². The summed E-state index contributed by atoms with van der Waals surface area (Å²) in [5, 5.41) is 3.46. The van der Waals surface area contributed by atoms with Gasteiger partial charge in [-0.15, -0.1) is 0 Å². The molecule has 2 heterocycles. The Morgan fingerprint density at radius 3 is 3.00 bits per heavy atom. The maximum atomic E-state index is 4.43. The number of rotatable bonds is 7. The van der Waals surface area contributed by atoms with Gasteiger partial charge < -0.3 is 5.32 Å². The van der Waals surface area contributed by atoms with Gasteiger partial charge in [-0.3, -0.25) is 9.97 Å². The summed E-state index contributed by atoms with van der Waals surface area (Å²) in [6, 6.07) is 3.98. The van der Waals surface area contributed by atoms with Gasteiger partial charge in [-0.05, 0) is 52.9 Å². The van der Waals surface area contributed by atoms with Crippen LogP contribution in [0, 0.1) is 0 Å². The minimum atomic E-state index is 0.918. The van der Waals surface area contributed by atoms with Crippen molar-refractivity contribution in [1.82, 2.24) is 9.97 Å². The first-order chi connectivity index (χ1) is 9.31. The summed E-state index contributed by atoms with van der Waals surface area (Å²) in [5.41, 5.74) is 2.93. The third-order valence-electron chi connectivity index (χ3n) is 2.88. The van der Waals surface area contributed by atoms with Gasteiger partial charge in [-0.2, -0.15) is 11.8 Å². The second-order valence-electron chi connectivity index (χ2n) is 4.36. The molecule has 0 saturated carbocycles. The SMILES string of the molecule is CSCCCCCNc1ccnc2cc(Br)cnc12. The molecule has 0 saturated heterocycles. The molecule has 0 spiro atoms. The lowest BCUT2D eigenvalue weighted by Gasteiger charge is -2.08. The number of hydrogen-bond acceptors (Lipinski definition) is 4. The van der Waals surface area contributed by atoms with Crippen LogP contribution in [0.3, 0.4) is 0 Å². The van der Waals surface area contributed by atoms with Crippen LogP contribution in [-0.4, -0.2) is 28.5 Å². The number of thioether (sulfide) groups is 1. The van der Waals surface area contributed by atoms with Crippen molar-refractivity contribution in [2.24, 2.45) is 0 Å². The van der Waals surface area contributed by atoms with Crippen LogP contribution in [0.4, 0.5) is 5.69 Å². The molecule has 0 radical (unpaired) electrons. The number of hydrogen-bond donors (Lipinski definition) is 1. The molecule has 0 unspecified atom stereocenters. The number of nitrogens with one attached hydrogen (secondary N) is 1. The Balaban J connectivity index is 1.93. The molecular weight excluding hydrogens is 322 g/mol. The molecule has 0 fully saturated rings. The molecule has 5 heteroatoms. The minimum absolute atomic E-state index is 0.918. The molecule has 0 aliphatic carbocycles. The summed E-state index contributed by atoms with van der Waals surface area (Å²) in [4.78, 5) is 8.77. The molecule has 0 aliphatic rings. The zero-order chi connectivity index (χ0) is 13.5. The maximum absolute atomic E-state index is 4.43. The Bertz CT molecular complexity index is 533. The van der Waals surface area contributed by atoms with Crippen molar-refractivity contribution in [3.05, 3.63) is 29.0 Å². The van der Waals surface area contributed by atoms with Gasteiger partial charge in [-0.25, -0.2) is 0 Å². The highest BCUT2D eigenvalue weighted by molar-refractivity contribution is 9.10. The van der Waals surface area contributed by atoms with Crippen LogP contribution in [0.15, 0.2) is 29.0 Å². The van der Waals surface area contributed by atoms with Crippen LogP contribution in [-0.2, 0) is 0 Å². The molecule has 0 amide bonds. The number of aromatic nitrogens is 2. The fraction of sp³-hybridized carbons (Fsp3) is 0.429. The average molecular weight is 340 g/mol. The van der Waals surface area contributed by atoms with Gasteiger partial charge in [0.25, 0.3) is 0 Å². The molecule has 3 nitrogen and oxygen atoms in total.